The molecule has 0 aliphatic heterocycles. The lowest BCUT2D eigenvalue weighted by molar-refractivity contribution is -0.145. The number of alkyl halides is 3. The number of aliphatic carboxylic acids is 1. The first-order valence-electron chi connectivity index (χ1n) is 7.29. The first-order valence-corrected chi connectivity index (χ1v) is 8.42. The van der Waals surface area contributed by atoms with E-state index in [2.05, 4.69) is 0 Å². The lowest BCUT2D eigenvalue weighted by atomic mass is 10.1. The molecule has 2 aromatic rings. The second-order valence-electron chi connectivity index (χ2n) is 5.38. The van der Waals surface area contributed by atoms with Crippen molar-refractivity contribution in [3.8, 4) is 16.9 Å². The zero-order valence-electron chi connectivity index (χ0n) is 13.5. The van der Waals surface area contributed by atoms with Crippen LogP contribution < -0.4 is 4.74 Å². The predicted octanol–water partition coefficient (Wildman–Crippen LogP) is 5.91. The van der Waals surface area contributed by atoms with Gasteiger partial charge in [0, 0.05) is 12.6 Å². The molecule has 0 aliphatic rings. The minimum atomic E-state index is -4.70. The highest BCUT2D eigenvalue weighted by molar-refractivity contribution is 6.40. The van der Waals surface area contributed by atoms with Crippen LogP contribution in [0.5, 0.6) is 5.75 Å². The Morgan fingerprint density at radius 2 is 1.92 bits per heavy atom. The fourth-order valence-corrected chi connectivity index (χ4v) is 3.32. The van der Waals surface area contributed by atoms with Crippen molar-refractivity contribution >= 4 is 40.8 Å². The Kier molecular flexibility index (Phi) is 6.05. The second-order valence-corrected chi connectivity index (χ2v) is 6.53. The van der Waals surface area contributed by atoms with Crippen LogP contribution in [0, 0.1) is 0 Å². The summed E-state index contributed by atoms with van der Waals surface area (Å²) in [5.74, 6) is -1.19. The van der Waals surface area contributed by atoms with Gasteiger partial charge in [-0.3, -0.25) is 0 Å². The van der Waals surface area contributed by atoms with Crippen LogP contribution >= 0.6 is 34.8 Å². The minimum absolute atomic E-state index is 0.00274. The number of aromatic nitrogens is 1. The molecule has 1 aromatic heterocycles. The number of carbonyl (C=O) groups is 1. The molecule has 1 unspecified atom stereocenters. The Labute approximate surface area is 162 Å². The molecule has 26 heavy (non-hydrogen) atoms. The highest BCUT2D eigenvalue weighted by atomic mass is 35.5. The Hall–Kier alpha value is -1.57. The van der Waals surface area contributed by atoms with Crippen LogP contribution in [0.4, 0.5) is 13.2 Å². The lowest BCUT2D eigenvalue weighted by Crippen LogP contribution is -2.26. The van der Waals surface area contributed by atoms with Crippen molar-refractivity contribution in [2.24, 2.45) is 7.05 Å². The standard InChI is InChI=1S/C16H13Cl3F3NO3/c1-3-9(15(24)25)26-10-6-7(4-5-8(10)17)11-12(18)13(16(20,21)22)23(2)14(11)19/h4-6,9H,3H2,1-2H3,(H,24,25). The summed E-state index contributed by atoms with van der Waals surface area (Å²) in [5, 5.41) is 8.41. The smallest absolute Gasteiger partial charge is 0.432 e. The molecule has 0 aliphatic carbocycles. The number of carboxylic acid groups (broad SMARTS) is 1. The summed E-state index contributed by atoms with van der Waals surface area (Å²) in [4.78, 5) is 11.1. The van der Waals surface area contributed by atoms with Gasteiger partial charge in [0.1, 0.15) is 16.6 Å². The van der Waals surface area contributed by atoms with Crippen molar-refractivity contribution in [1.82, 2.24) is 4.57 Å². The van der Waals surface area contributed by atoms with Gasteiger partial charge < -0.3 is 14.4 Å². The average molecular weight is 431 g/mol. The zero-order chi connectivity index (χ0) is 19.8. The van der Waals surface area contributed by atoms with E-state index in [9.17, 15) is 18.0 Å². The van der Waals surface area contributed by atoms with Gasteiger partial charge in [-0.1, -0.05) is 47.8 Å². The molecular formula is C16H13Cl3F3NO3. The molecule has 0 saturated carbocycles. The van der Waals surface area contributed by atoms with Crippen LogP contribution in [-0.2, 0) is 18.0 Å². The molecule has 0 bridgehead atoms. The van der Waals surface area contributed by atoms with Gasteiger partial charge in [0.05, 0.1) is 10.0 Å². The largest absolute Gasteiger partial charge is 0.479 e. The van der Waals surface area contributed by atoms with E-state index in [1.807, 2.05) is 0 Å². The van der Waals surface area contributed by atoms with Gasteiger partial charge in [0.2, 0.25) is 0 Å². The Morgan fingerprint density at radius 3 is 2.38 bits per heavy atom. The van der Waals surface area contributed by atoms with E-state index in [0.29, 0.717) is 0 Å². The van der Waals surface area contributed by atoms with Crippen LogP contribution in [0.3, 0.4) is 0 Å². The quantitative estimate of drug-likeness (QED) is 0.641. The molecule has 4 nitrogen and oxygen atoms in total. The van der Waals surface area contributed by atoms with Gasteiger partial charge in [-0.15, -0.1) is 0 Å². The molecule has 0 spiro atoms. The number of rotatable bonds is 5. The molecule has 1 N–H and O–H groups in total. The van der Waals surface area contributed by atoms with Gasteiger partial charge in [-0.05, 0) is 24.1 Å². The number of ether oxygens (including phenoxy) is 1. The first-order chi connectivity index (χ1) is 12.0. The molecule has 1 atom stereocenters. The SMILES string of the molecule is CCC(Oc1cc(-c2c(Cl)c(C(F)(F)F)n(C)c2Cl)ccc1Cl)C(=O)O. The molecule has 0 fully saturated rings. The Morgan fingerprint density at radius 1 is 1.31 bits per heavy atom. The van der Waals surface area contributed by atoms with E-state index in [-0.39, 0.29) is 33.5 Å². The maximum Gasteiger partial charge on any atom is 0.432 e. The molecule has 0 amide bonds. The third kappa shape index (κ3) is 3.89. The summed E-state index contributed by atoms with van der Waals surface area (Å²) in [5.41, 5.74) is -0.924. The molecular weight excluding hydrogens is 418 g/mol. The van der Waals surface area contributed by atoms with Crippen molar-refractivity contribution in [1.29, 1.82) is 0 Å². The topological polar surface area (TPSA) is 51.5 Å². The van der Waals surface area contributed by atoms with Crippen molar-refractivity contribution in [3.05, 3.63) is 39.1 Å². The van der Waals surface area contributed by atoms with Crippen molar-refractivity contribution < 1.29 is 27.8 Å². The van der Waals surface area contributed by atoms with E-state index in [1.54, 1.807) is 6.92 Å². The maximum atomic E-state index is 13.2. The number of hydrogen-bond acceptors (Lipinski definition) is 2. The fraction of sp³-hybridized carbons (Fsp3) is 0.312. The Bertz CT molecular complexity index is 849. The molecule has 142 valence electrons. The van der Waals surface area contributed by atoms with E-state index < -0.39 is 29.0 Å². The second kappa shape index (κ2) is 7.58. The van der Waals surface area contributed by atoms with Crippen LogP contribution in [0.1, 0.15) is 19.0 Å². The van der Waals surface area contributed by atoms with E-state index in [0.717, 1.165) is 11.6 Å². The lowest BCUT2D eigenvalue weighted by Gasteiger charge is -2.15. The summed E-state index contributed by atoms with van der Waals surface area (Å²) in [6.45, 7) is 1.61. The van der Waals surface area contributed by atoms with Crippen LogP contribution in [0.25, 0.3) is 11.1 Å². The highest BCUT2D eigenvalue weighted by Gasteiger charge is 2.39. The summed E-state index contributed by atoms with van der Waals surface area (Å²) >= 11 is 18.0. The van der Waals surface area contributed by atoms with Crippen LogP contribution in [-0.4, -0.2) is 21.7 Å². The number of hydrogen-bond donors (Lipinski definition) is 1. The zero-order valence-corrected chi connectivity index (χ0v) is 15.8. The van der Waals surface area contributed by atoms with E-state index >= 15 is 0 Å². The van der Waals surface area contributed by atoms with Crippen LogP contribution in [0.2, 0.25) is 15.2 Å². The monoisotopic (exact) mass is 429 g/mol. The number of benzene rings is 1. The molecule has 2 rings (SSSR count). The minimum Gasteiger partial charge on any atom is -0.479 e. The molecule has 1 heterocycles. The van der Waals surface area contributed by atoms with E-state index in [4.69, 9.17) is 44.6 Å². The van der Waals surface area contributed by atoms with Crippen molar-refractivity contribution in [2.75, 3.05) is 0 Å². The van der Waals surface area contributed by atoms with Crippen molar-refractivity contribution in [3.63, 3.8) is 0 Å². The van der Waals surface area contributed by atoms with Crippen molar-refractivity contribution in [2.45, 2.75) is 25.6 Å². The highest BCUT2D eigenvalue weighted by Crippen LogP contribution is 2.46. The normalized spacial score (nSPS) is 12.9. The summed E-state index contributed by atoms with van der Waals surface area (Å²) in [7, 11) is 1.14. The molecule has 10 heteroatoms. The Balaban J connectivity index is 2.58. The number of carboxylic acids is 1. The third-order valence-electron chi connectivity index (χ3n) is 3.67. The van der Waals surface area contributed by atoms with Crippen LogP contribution in [0.15, 0.2) is 18.2 Å². The fourth-order valence-electron chi connectivity index (χ4n) is 2.39. The third-order valence-corrected chi connectivity index (χ3v) is 4.79. The summed E-state index contributed by atoms with van der Waals surface area (Å²) < 4.78 is 45.7. The summed E-state index contributed by atoms with van der Waals surface area (Å²) in [6.07, 6.45) is -5.69. The number of halogens is 6. The first kappa shape index (κ1) is 20.7. The van der Waals surface area contributed by atoms with Gasteiger partial charge in [-0.25, -0.2) is 4.79 Å². The number of nitrogens with zero attached hydrogens (tertiary/aromatic N) is 1. The average Bonchev–Trinajstić information content (AvgIpc) is 2.75. The van der Waals surface area contributed by atoms with Gasteiger partial charge in [0.25, 0.3) is 0 Å². The summed E-state index contributed by atoms with van der Waals surface area (Å²) in [6, 6.07) is 4.10. The molecule has 1 aromatic carbocycles. The predicted molar refractivity (Wildman–Crippen MR) is 93.2 cm³/mol. The maximum absolute atomic E-state index is 13.2. The van der Waals surface area contributed by atoms with E-state index in [1.165, 1.54) is 18.2 Å². The van der Waals surface area contributed by atoms with Gasteiger partial charge >= 0.3 is 12.1 Å². The van der Waals surface area contributed by atoms with Gasteiger partial charge in [0.15, 0.2) is 6.10 Å². The van der Waals surface area contributed by atoms with Gasteiger partial charge in [-0.2, -0.15) is 13.2 Å². The molecule has 0 radical (unpaired) electrons. The molecule has 0 saturated heterocycles.